The summed E-state index contributed by atoms with van der Waals surface area (Å²) >= 11 is 0. The van der Waals surface area contributed by atoms with Gasteiger partial charge in [0.15, 0.2) is 0 Å². The standard InChI is InChI=1S/C26H14F5N/c1-2-3-17-11-23(28)20(24(29)12-17)9-6-16-4-7-19(22(27)10-16)8-5-18-13-25(30)21(15-32)26(31)14-18/h4,7,10-14H,2-3H2,1H3. The van der Waals surface area contributed by atoms with Gasteiger partial charge in [0.2, 0.25) is 0 Å². The summed E-state index contributed by atoms with van der Waals surface area (Å²) in [7, 11) is 0. The van der Waals surface area contributed by atoms with Crippen molar-refractivity contribution in [3.05, 3.63) is 105 Å². The molecule has 0 aliphatic rings. The topological polar surface area (TPSA) is 23.8 Å². The van der Waals surface area contributed by atoms with E-state index in [1.54, 1.807) is 0 Å². The number of halogens is 5. The Morgan fingerprint density at radius 1 is 0.656 bits per heavy atom. The average Bonchev–Trinajstić information content (AvgIpc) is 2.72. The first-order chi connectivity index (χ1) is 15.3. The van der Waals surface area contributed by atoms with Gasteiger partial charge < -0.3 is 0 Å². The third-order valence-electron chi connectivity index (χ3n) is 4.44. The van der Waals surface area contributed by atoms with Crippen molar-refractivity contribution in [1.82, 2.24) is 0 Å². The van der Waals surface area contributed by atoms with Gasteiger partial charge >= 0.3 is 0 Å². The van der Waals surface area contributed by atoms with E-state index in [4.69, 9.17) is 5.26 Å². The van der Waals surface area contributed by atoms with E-state index in [0.29, 0.717) is 12.0 Å². The Morgan fingerprint density at radius 3 is 1.78 bits per heavy atom. The summed E-state index contributed by atoms with van der Waals surface area (Å²) in [6.07, 6.45) is 1.28. The van der Waals surface area contributed by atoms with Crippen LogP contribution in [0.15, 0.2) is 42.5 Å². The summed E-state index contributed by atoms with van der Waals surface area (Å²) in [5, 5.41) is 8.67. The smallest absolute Gasteiger partial charge is 0.145 e. The van der Waals surface area contributed by atoms with Crippen molar-refractivity contribution in [1.29, 1.82) is 5.26 Å². The predicted octanol–water partition coefficient (Wildman–Crippen LogP) is 6.01. The van der Waals surface area contributed by atoms with Gasteiger partial charge in [0, 0.05) is 11.1 Å². The summed E-state index contributed by atoms with van der Waals surface area (Å²) in [6, 6.07) is 9.34. The van der Waals surface area contributed by atoms with E-state index in [0.717, 1.165) is 24.6 Å². The Kier molecular flexibility index (Phi) is 6.93. The fraction of sp³-hybridized carbons (Fsp3) is 0.115. The van der Waals surface area contributed by atoms with Crippen molar-refractivity contribution in [2.45, 2.75) is 19.8 Å². The maximum atomic E-state index is 14.3. The van der Waals surface area contributed by atoms with Crippen LogP contribution in [0.25, 0.3) is 0 Å². The van der Waals surface area contributed by atoms with Crippen LogP contribution in [0.4, 0.5) is 22.0 Å². The van der Waals surface area contributed by atoms with Gasteiger partial charge in [-0.25, -0.2) is 22.0 Å². The molecule has 1 nitrogen and oxygen atoms in total. The van der Waals surface area contributed by atoms with Gasteiger partial charge in [0.25, 0.3) is 0 Å². The molecule has 0 fully saturated rings. The lowest BCUT2D eigenvalue weighted by Gasteiger charge is -2.02. The summed E-state index contributed by atoms with van der Waals surface area (Å²) in [6.45, 7) is 1.90. The number of nitrogens with zero attached hydrogens (tertiary/aromatic N) is 1. The number of nitriles is 1. The molecular formula is C26H14F5N. The van der Waals surface area contributed by atoms with Crippen LogP contribution in [0.1, 0.15) is 46.7 Å². The van der Waals surface area contributed by atoms with Gasteiger partial charge in [-0.05, 0) is 54.4 Å². The third-order valence-corrected chi connectivity index (χ3v) is 4.44. The predicted molar refractivity (Wildman–Crippen MR) is 110 cm³/mol. The molecule has 6 heteroatoms. The Labute approximate surface area is 182 Å². The minimum absolute atomic E-state index is 0.0676. The highest BCUT2D eigenvalue weighted by Crippen LogP contribution is 2.17. The molecule has 0 unspecified atom stereocenters. The first kappa shape index (κ1) is 22.6. The number of benzene rings is 3. The van der Waals surface area contributed by atoms with E-state index < -0.39 is 40.2 Å². The Bertz CT molecular complexity index is 1310. The molecule has 3 aromatic carbocycles. The van der Waals surface area contributed by atoms with Gasteiger partial charge in [0.05, 0.1) is 11.1 Å². The molecule has 0 bridgehead atoms. The van der Waals surface area contributed by atoms with E-state index >= 15 is 0 Å². The fourth-order valence-corrected chi connectivity index (χ4v) is 2.90. The monoisotopic (exact) mass is 435 g/mol. The van der Waals surface area contributed by atoms with Gasteiger partial charge in [-0.1, -0.05) is 37.0 Å². The van der Waals surface area contributed by atoms with Crippen LogP contribution in [0.5, 0.6) is 0 Å². The normalized spacial score (nSPS) is 9.91. The molecule has 0 atom stereocenters. The van der Waals surface area contributed by atoms with Crippen LogP contribution in [-0.4, -0.2) is 0 Å². The second-order valence-electron chi connectivity index (χ2n) is 6.81. The zero-order chi connectivity index (χ0) is 23.3. The van der Waals surface area contributed by atoms with Gasteiger partial charge in [0.1, 0.15) is 40.7 Å². The van der Waals surface area contributed by atoms with Gasteiger partial charge in [-0.15, -0.1) is 0 Å². The van der Waals surface area contributed by atoms with Crippen molar-refractivity contribution < 1.29 is 22.0 Å². The molecule has 158 valence electrons. The molecule has 0 aliphatic carbocycles. The second-order valence-corrected chi connectivity index (χ2v) is 6.81. The summed E-state index contributed by atoms with van der Waals surface area (Å²) in [5.41, 5.74) is -0.567. The van der Waals surface area contributed by atoms with Crippen LogP contribution in [-0.2, 0) is 6.42 Å². The molecule has 0 saturated carbocycles. The Hall–Kier alpha value is -4.08. The molecule has 0 saturated heterocycles. The molecule has 0 aliphatic heterocycles. The summed E-state index contributed by atoms with van der Waals surface area (Å²) in [5.74, 6) is 5.31. The first-order valence-corrected chi connectivity index (χ1v) is 9.53. The van der Waals surface area contributed by atoms with E-state index in [1.165, 1.54) is 30.3 Å². The van der Waals surface area contributed by atoms with Gasteiger partial charge in [-0.2, -0.15) is 5.26 Å². The molecule has 0 radical (unpaired) electrons. The molecule has 3 aromatic rings. The minimum Gasteiger partial charge on any atom is -0.206 e. The summed E-state index contributed by atoms with van der Waals surface area (Å²) in [4.78, 5) is 0. The largest absolute Gasteiger partial charge is 0.206 e. The van der Waals surface area contributed by atoms with Gasteiger partial charge in [-0.3, -0.25) is 0 Å². The van der Waals surface area contributed by atoms with Crippen molar-refractivity contribution in [2.75, 3.05) is 0 Å². The van der Waals surface area contributed by atoms with Crippen molar-refractivity contribution in [3.63, 3.8) is 0 Å². The molecule has 0 heterocycles. The number of aryl methyl sites for hydroxylation is 1. The number of hydrogen-bond donors (Lipinski definition) is 0. The molecule has 0 aromatic heterocycles. The lowest BCUT2D eigenvalue weighted by molar-refractivity contribution is 0.573. The summed E-state index contributed by atoms with van der Waals surface area (Å²) < 4.78 is 69.9. The second kappa shape index (κ2) is 9.82. The quantitative estimate of drug-likeness (QED) is 0.358. The Balaban J connectivity index is 1.86. The number of hydrogen-bond acceptors (Lipinski definition) is 1. The van der Waals surface area contributed by atoms with Crippen LogP contribution >= 0.6 is 0 Å². The van der Waals surface area contributed by atoms with Crippen molar-refractivity contribution in [2.24, 2.45) is 0 Å². The molecule has 0 spiro atoms. The lowest BCUT2D eigenvalue weighted by Crippen LogP contribution is -1.95. The molecule has 3 rings (SSSR count). The maximum absolute atomic E-state index is 14.3. The van der Waals surface area contributed by atoms with E-state index in [1.807, 2.05) is 6.92 Å². The average molecular weight is 435 g/mol. The fourth-order valence-electron chi connectivity index (χ4n) is 2.90. The van der Waals surface area contributed by atoms with Crippen LogP contribution in [0.3, 0.4) is 0 Å². The first-order valence-electron chi connectivity index (χ1n) is 9.53. The zero-order valence-corrected chi connectivity index (χ0v) is 16.8. The molecule has 0 amide bonds. The van der Waals surface area contributed by atoms with Crippen LogP contribution in [0.2, 0.25) is 0 Å². The van der Waals surface area contributed by atoms with Crippen LogP contribution < -0.4 is 0 Å². The molecular weight excluding hydrogens is 421 g/mol. The molecule has 32 heavy (non-hydrogen) atoms. The van der Waals surface area contributed by atoms with Crippen molar-refractivity contribution in [3.8, 4) is 29.8 Å². The highest BCUT2D eigenvalue weighted by Gasteiger charge is 2.10. The van der Waals surface area contributed by atoms with E-state index in [-0.39, 0.29) is 16.7 Å². The minimum atomic E-state index is -1.06. The third kappa shape index (κ3) is 5.15. The van der Waals surface area contributed by atoms with E-state index in [2.05, 4.69) is 23.7 Å². The highest BCUT2D eigenvalue weighted by molar-refractivity contribution is 5.50. The molecule has 0 N–H and O–H groups in total. The zero-order valence-electron chi connectivity index (χ0n) is 16.8. The van der Waals surface area contributed by atoms with Crippen LogP contribution in [0, 0.1) is 64.1 Å². The SMILES string of the molecule is CCCc1cc(F)c(C#Cc2ccc(C#Cc3cc(F)c(C#N)c(F)c3)c(F)c2)c(F)c1. The lowest BCUT2D eigenvalue weighted by atomic mass is 10.1. The number of rotatable bonds is 2. The maximum Gasteiger partial charge on any atom is 0.145 e. The highest BCUT2D eigenvalue weighted by atomic mass is 19.1. The Morgan fingerprint density at radius 2 is 1.22 bits per heavy atom. The van der Waals surface area contributed by atoms with E-state index in [9.17, 15) is 22.0 Å². The van der Waals surface area contributed by atoms with Crippen molar-refractivity contribution >= 4 is 0 Å².